The number of ether oxygens (including phenoxy) is 2. The van der Waals surface area contributed by atoms with Crippen molar-refractivity contribution in [1.29, 1.82) is 0 Å². The van der Waals surface area contributed by atoms with Gasteiger partial charge in [0.15, 0.2) is 0 Å². The standard InChI is InChI=1S/C15H20F3NO2/c1-12(5-4-8-19-9-10-20-2)13-6-3-7-14(11-13)21-15(16,17)18/h3,5-7,11,19H,4,8-10H2,1-2H3. The summed E-state index contributed by atoms with van der Waals surface area (Å²) in [4.78, 5) is 0. The minimum atomic E-state index is -4.67. The van der Waals surface area contributed by atoms with Gasteiger partial charge < -0.3 is 14.8 Å². The average Bonchev–Trinajstić information content (AvgIpc) is 2.41. The average molecular weight is 303 g/mol. The van der Waals surface area contributed by atoms with Crippen LogP contribution in [0.1, 0.15) is 18.9 Å². The van der Waals surface area contributed by atoms with Crippen molar-refractivity contribution < 1.29 is 22.6 Å². The fourth-order valence-corrected chi connectivity index (χ4v) is 1.75. The Labute approximate surface area is 122 Å². The van der Waals surface area contributed by atoms with E-state index in [1.165, 1.54) is 12.1 Å². The summed E-state index contributed by atoms with van der Waals surface area (Å²) in [6.07, 6.45) is -1.89. The lowest BCUT2D eigenvalue weighted by Crippen LogP contribution is -2.19. The van der Waals surface area contributed by atoms with Crippen LogP contribution in [0.3, 0.4) is 0 Å². The van der Waals surface area contributed by atoms with Gasteiger partial charge in [-0.05, 0) is 43.2 Å². The second-order valence-electron chi connectivity index (χ2n) is 4.49. The van der Waals surface area contributed by atoms with Crippen LogP contribution in [0, 0.1) is 0 Å². The molecule has 21 heavy (non-hydrogen) atoms. The number of halogens is 3. The van der Waals surface area contributed by atoms with Crippen LogP contribution in [0.2, 0.25) is 0 Å². The Morgan fingerprint density at radius 3 is 2.71 bits per heavy atom. The molecule has 0 saturated heterocycles. The molecule has 1 N–H and O–H groups in total. The maximum absolute atomic E-state index is 12.2. The van der Waals surface area contributed by atoms with Crippen molar-refractivity contribution in [3.05, 3.63) is 35.9 Å². The third-order valence-corrected chi connectivity index (χ3v) is 2.78. The summed E-state index contributed by atoms with van der Waals surface area (Å²) in [6, 6.07) is 5.98. The third kappa shape index (κ3) is 7.72. The summed E-state index contributed by atoms with van der Waals surface area (Å²) in [6.45, 7) is 4.08. The van der Waals surface area contributed by atoms with Crippen LogP contribution >= 0.6 is 0 Å². The summed E-state index contributed by atoms with van der Waals surface area (Å²) in [5.41, 5.74) is 1.63. The molecular formula is C15H20F3NO2. The van der Waals surface area contributed by atoms with Crippen molar-refractivity contribution in [1.82, 2.24) is 5.32 Å². The highest BCUT2D eigenvalue weighted by atomic mass is 19.4. The second kappa shape index (κ2) is 8.69. The first-order chi connectivity index (χ1) is 9.92. The summed E-state index contributed by atoms with van der Waals surface area (Å²) in [5.74, 6) is -0.203. The van der Waals surface area contributed by atoms with Crippen LogP contribution in [0.5, 0.6) is 5.75 Å². The summed E-state index contributed by atoms with van der Waals surface area (Å²) < 4.78 is 45.3. The first-order valence-corrected chi connectivity index (χ1v) is 6.65. The Bertz CT molecular complexity index is 458. The monoisotopic (exact) mass is 303 g/mol. The molecule has 1 rings (SSSR count). The van der Waals surface area contributed by atoms with E-state index in [9.17, 15) is 13.2 Å². The van der Waals surface area contributed by atoms with Crippen molar-refractivity contribution in [3.63, 3.8) is 0 Å². The lowest BCUT2D eigenvalue weighted by molar-refractivity contribution is -0.274. The lowest BCUT2D eigenvalue weighted by Gasteiger charge is -2.10. The van der Waals surface area contributed by atoms with Gasteiger partial charge in [0.1, 0.15) is 5.75 Å². The number of nitrogens with one attached hydrogen (secondary N) is 1. The molecule has 0 spiro atoms. The predicted octanol–water partition coefficient (Wildman–Crippen LogP) is 3.61. The van der Waals surface area contributed by atoms with Gasteiger partial charge in [0.25, 0.3) is 0 Å². The van der Waals surface area contributed by atoms with E-state index in [-0.39, 0.29) is 5.75 Å². The van der Waals surface area contributed by atoms with Gasteiger partial charge in [0.2, 0.25) is 0 Å². The molecule has 0 heterocycles. The second-order valence-corrected chi connectivity index (χ2v) is 4.49. The van der Waals surface area contributed by atoms with E-state index in [0.29, 0.717) is 12.2 Å². The molecule has 0 unspecified atom stereocenters. The Morgan fingerprint density at radius 1 is 1.29 bits per heavy atom. The molecule has 0 aliphatic carbocycles. The molecule has 1 aromatic rings. The predicted molar refractivity (Wildman–Crippen MR) is 76.1 cm³/mol. The summed E-state index contributed by atoms with van der Waals surface area (Å²) in [7, 11) is 1.64. The van der Waals surface area contributed by atoms with Gasteiger partial charge in [-0.3, -0.25) is 0 Å². The van der Waals surface area contributed by atoms with Gasteiger partial charge in [-0.1, -0.05) is 18.2 Å². The highest BCUT2D eigenvalue weighted by molar-refractivity contribution is 5.64. The molecule has 3 nitrogen and oxygen atoms in total. The zero-order valence-electron chi connectivity index (χ0n) is 12.2. The molecule has 118 valence electrons. The third-order valence-electron chi connectivity index (χ3n) is 2.78. The number of allylic oxidation sites excluding steroid dienone is 1. The molecule has 0 bridgehead atoms. The SMILES string of the molecule is COCCNCCC=C(C)c1cccc(OC(F)(F)F)c1. The number of rotatable bonds is 8. The van der Waals surface area contributed by atoms with Crippen LogP contribution in [-0.2, 0) is 4.74 Å². The molecule has 0 aliphatic heterocycles. The van der Waals surface area contributed by atoms with E-state index < -0.39 is 6.36 Å². The van der Waals surface area contributed by atoms with Gasteiger partial charge in [-0.2, -0.15) is 0 Å². The lowest BCUT2D eigenvalue weighted by atomic mass is 10.1. The topological polar surface area (TPSA) is 30.5 Å². The van der Waals surface area contributed by atoms with Crippen molar-refractivity contribution in [2.75, 3.05) is 26.8 Å². The van der Waals surface area contributed by atoms with Crippen LogP contribution < -0.4 is 10.1 Å². The Kier molecular flexibility index (Phi) is 7.25. The molecule has 0 saturated carbocycles. The molecule has 0 fully saturated rings. The highest BCUT2D eigenvalue weighted by Gasteiger charge is 2.31. The largest absolute Gasteiger partial charge is 0.573 e. The van der Waals surface area contributed by atoms with Crippen molar-refractivity contribution >= 4 is 5.57 Å². The molecular weight excluding hydrogens is 283 g/mol. The minimum absolute atomic E-state index is 0.203. The fourth-order valence-electron chi connectivity index (χ4n) is 1.75. The maximum atomic E-state index is 12.2. The van der Waals surface area contributed by atoms with Gasteiger partial charge >= 0.3 is 6.36 Å². The number of hydrogen-bond donors (Lipinski definition) is 1. The Hall–Kier alpha value is -1.53. The van der Waals surface area contributed by atoms with Gasteiger partial charge in [0, 0.05) is 13.7 Å². The van der Waals surface area contributed by atoms with Crippen molar-refractivity contribution in [2.24, 2.45) is 0 Å². The molecule has 1 aromatic carbocycles. The van der Waals surface area contributed by atoms with E-state index >= 15 is 0 Å². The molecule has 0 atom stereocenters. The van der Waals surface area contributed by atoms with Gasteiger partial charge in [-0.15, -0.1) is 13.2 Å². The quantitative estimate of drug-likeness (QED) is 0.744. The van der Waals surface area contributed by atoms with Gasteiger partial charge in [0.05, 0.1) is 6.61 Å². The van der Waals surface area contributed by atoms with E-state index in [1.807, 2.05) is 13.0 Å². The first-order valence-electron chi connectivity index (χ1n) is 6.65. The number of methoxy groups -OCH3 is 1. The van der Waals surface area contributed by atoms with Crippen LogP contribution in [0.15, 0.2) is 30.3 Å². The Balaban J connectivity index is 2.53. The van der Waals surface area contributed by atoms with Gasteiger partial charge in [-0.25, -0.2) is 0 Å². The maximum Gasteiger partial charge on any atom is 0.573 e. The van der Waals surface area contributed by atoms with Crippen molar-refractivity contribution in [3.8, 4) is 5.75 Å². The fraction of sp³-hybridized carbons (Fsp3) is 0.467. The molecule has 0 aliphatic rings. The first kappa shape index (κ1) is 17.5. The Morgan fingerprint density at radius 2 is 2.05 bits per heavy atom. The minimum Gasteiger partial charge on any atom is -0.406 e. The summed E-state index contributed by atoms with van der Waals surface area (Å²) >= 11 is 0. The van der Waals surface area contributed by atoms with E-state index in [4.69, 9.17) is 4.74 Å². The number of alkyl halides is 3. The van der Waals surface area contributed by atoms with Crippen LogP contribution in [-0.4, -0.2) is 33.2 Å². The zero-order valence-corrected chi connectivity index (χ0v) is 12.2. The molecule has 0 amide bonds. The van der Waals surface area contributed by atoms with Crippen LogP contribution in [0.25, 0.3) is 5.57 Å². The summed E-state index contributed by atoms with van der Waals surface area (Å²) in [5, 5.41) is 3.19. The zero-order chi connectivity index (χ0) is 15.7. The van der Waals surface area contributed by atoms with E-state index in [0.717, 1.165) is 25.1 Å². The highest BCUT2D eigenvalue weighted by Crippen LogP contribution is 2.25. The molecule has 6 heteroatoms. The van der Waals surface area contributed by atoms with E-state index in [1.54, 1.807) is 19.2 Å². The molecule has 0 radical (unpaired) electrons. The van der Waals surface area contributed by atoms with Crippen LogP contribution in [0.4, 0.5) is 13.2 Å². The smallest absolute Gasteiger partial charge is 0.406 e. The van der Waals surface area contributed by atoms with Crippen molar-refractivity contribution in [2.45, 2.75) is 19.7 Å². The molecule has 0 aromatic heterocycles. The normalized spacial score (nSPS) is 12.5. The number of hydrogen-bond acceptors (Lipinski definition) is 3. The van der Waals surface area contributed by atoms with E-state index in [2.05, 4.69) is 10.1 Å². The number of benzene rings is 1.